The lowest BCUT2D eigenvalue weighted by atomic mass is 10.2. The zero-order valence-corrected chi connectivity index (χ0v) is 12.5. The van der Waals surface area contributed by atoms with E-state index >= 15 is 0 Å². The van der Waals surface area contributed by atoms with Gasteiger partial charge < -0.3 is 10.1 Å². The molecule has 1 amide bonds. The summed E-state index contributed by atoms with van der Waals surface area (Å²) in [4.78, 5) is 14.2. The van der Waals surface area contributed by atoms with E-state index in [9.17, 15) is 4.79 Å². The summed E-state index contributed by atoms with van der Waals surface area (Å²) < 4.78 is 5.41. The summed E-state index contributed by atoms with van der Waals surface area (Å²) in [5.41, 5.74) is 0. The maximum absolute atomic E-state index is 11.8. The van der Waals surface area contributed by atoms with Crippen LogP contribution in [0.5, 0.6) is 5.75 Å². The Bertz CT molecular complexity index is 436. The average Bonchev–Trinajstić information content (AvgIpc) is 2.92. The van der Waals surface area contributed by atoms with E-state index in [4.69, 9.17) is 16.3 Å². The summed E-state index contributed by atoms with van der Waals surface area (Å²) in [7, 11) is 0. The molecule has 1 aliphatic heterocycles. The van der Waals surface area contributed by atoms with E-state index in [2.05, 4.69) is 17.1 Å². The summed E-state index contributed by atoms with van der Waals surface area (Å²) in [6.45, 7) is 5.08. The third-order valence-corrected chi connectivity index (χ3v) is 3.88. The topological polar surface area (TPSA) is 41.6 Å². The largest absolute Gasteiger partial charge is 0.484 e. The predicted molar refractivity (Wildman–Crippen MR) is 80.2 cm³/mol. The van der Waals surface area contributed by atoms with Crippen LogP contribution in [-0.4, -0.2) is 43.1 Å². The fourth-order valence-corrected chi connectivity index (χ4v) is 2.63. The Morgan fingerprint density at radius 2 is 2.20 bits per heavy atom. The Kier molecular flexibility index (Phi) is 5.68. The van der Waals surface area contributed by atoms with E-state index < -0.39 is 0 Å². The molecule has 1 unspecified atom stereocenters. The average molecular weight is 297 g/mol. The number of nitrogens with one attached hydrogen (secondary N) is 1. The zero-order valence-electron chi connectivity index (χ0n) is 11.8. The molecule has 0 bridgehead atoms. The van der Waals surface area contributed by atoms with Crippen molar-refractivity contribution in [3.63, 3.8) is 0 Å². The van der Waals surface area contributed by atoms with Crippen molar-refractivity contribution in [2.75, 3.05) is 26.2 Å². The van der Waals surface area contributed by atoms with E-state index in [0.717, 1.165) is 19.5 Å². The van der Waals surface area contributed by atoms with Crippen LogP contribution in [0.2, 0.25) is 5.02 Å². The number of ether oxygens (including phenoxy) is 1. The first-order valence-electron chi connectivity index (χ1n) is 7.08. The summed E-state index contributed by atoms with van der Waals surface area (Å²) in [5, 5.41) is 3.59. The summed E-state index contributed by atoms with van der Waals surface area (Å²) in [6, 6.07) is 7.47. The number of rotatable bonds is 6. The third kappa shape index (κ3) is 4.39. The van der Waals surface area contributed by atoms with Crippen LogP contribution in [0.25, 0.3) is 0 Å². The smallest absolute Gasteiger partial charge is 0.257 e. The number of carbonyl (C=O) groups is 1. The van der Waals surface area contributed by atoms with Crippen molar-refractivity contribution in [1.82, 2.24) is 10.2 Å². The Labute approximate surface area is 125 Å². The van der Waals surface area contributed by atoms with Gasteiger partial charge in [-0.2, -0.15) is 0 Å². The molecule has 1 saturated heterocycles. The van der Waals surface area contributed by atoms with E-state index in [1.165, 1.54) is 6.42 Å². The lowest BCUT2D eigenvalue weighted by Crippen LogP contribution is -2.41. The molecule has 110 valence electrons. The minimum Gasteiger partial charge on any atom is -0.484 e. The van der Waals surface area contributed by atoms with E-state index in [1.54, 1.807) is 24.3 Å². The standard InChI is InChI=1S/C15H21ClN2O2/c1-2-18-9-3-4-13(18)10-17-15(19)11-20-14-7-5-12(16)6-8-14/h5-8,13H,2-4,9-11H2,1H3,(H,17,19). The first-order chi connectivity index (χ1) is 9.69. The number of hydrogen-bond acceptors (Lipinski definition) is 3. The van der Waals surface area contributed by atoms with E-state index in [0.29, 0.717) is 23.4 Å². The Hall–Kier alpha value is -1.26. The molecule has 1 atom stereocenters. The number of benzene rings is 1. The van der Waals surface area contributed by atoms with E-state index in [-0.39, 0.29) is 12.5 Å². The van der Waals surface area contributed by atoms with Crippen LogP contribution in [0, 0.1) is 0 Å². The normalized spacial score (nSPS) is 19.0. The van der Waals surface area contributed by atoms with Gasteiger partial charge in [0.25, 0.3) is 5.91 Å². The van der Waals surface area contributed by atoms with Crippen LogP contribution in [0.1, 0.15) is 19.8 Å². The van der Waals surface area contributed by atoms with Gasteiger partial charge in [0.2, 0.25) is 0 Å². The van der Waals surface area contributed by atoms with Crippen LogP contribution in [0.15, 0.2) is 24.3 Å². The molecule has 1 aromatic carbocycles. The fourth-order valence-electron chi connectivity index (χ4n) is 2.51. The molecule has 0 aliphatic carbocycles. The SMILES string of the molecule is CCN1CCCC1CNC(=O)COc1ccc(Cl)cc1. The van der Waals surface area contributed by atoms with Gasteiger partial charge in [-0.05, 0) is 50.2 Å². The van der Waals surface area contributed by atoms with Gasteiger partial charge >= 0.3 is 0 Å². The molecule has 0 radical (unpaired) electrons. The number of nitrogens with zero attached hydrogens (tertiary/aromatic N) is 1. The summed E-state index contributed by atoms with van der Waals surface area (Å²) in [5.74, 6) is 0.573. The van der Waals surface area contributed by atoms with Crippen molar-refractivity contribution in [1.29, 1.82) is 0 Å². The Morgan fingerprint density at radius 1 is 1.45 bits per heavy atom. The molecule has 0 saturated carbocycles. The van der Waals surface area contributed by atoms with Gasteiger partial charge in [0.1, 0.15) is 5.75 Å². The van der Waals surface area contributed by atoms with Gasteiger partial charge in [-0.1, -0.05) is 18.5 Å². The van der Waals surface area contributed by atoms with Crippen LogP contribution in [-0.2, 0) is 4.79 Å². The van der Waals surface area contributed by atoms with Gasteiger partial charge in [-0.15, -0.1) is 0 Å². The number of likely N-dealkylation sites (N-methyl/N-ethyl adjacent to an activating group) is 1. The second-order valence-electron chi connectivity index (χ2n) is 4.97. The van der Waals surface area contributed by atoms with Crippen LogP contribution >= 0.6 is 11.6 Å². The van der Waals surface area contributed by atoms with Crippen LogP contribution in [0.4, 0.5) is 0 Å². The summed E-state index contributed by atoms with van der Waals surface area (Å²) >= 11 is 5.78. The first kappa shape index (κ1) is 15.1. The van der Waals surface area contributed by atoms with Crippen molar-refractivity contribution in [3.8, 4) is 5.75 Å². The van der Waals surface area contributed by atoms with Crippen molar-refractivity contribution in [3.05, 3.63) is 29.3 Å². The molecular formula is C15H21ClN2O2. The minimum atomic E-state index is -0.0806. The number of amides is 1. The van der Waals surface area contributed by atoms with Gasteiger partial charge in [0.15, 0.2) is 6.61 Å². The molecule has 1 heterocycles. The molecule has 2 rings (SSSR count). The quantitative estimate of drug-likeness (QED) is 0.876. The van der Waals surface area contributed by atoms with Crippen molar-refractivity contribution < 1.29 is 9.53 Å². The highest BCUT2D eigenvalue weighted by atomic mass is 35.5. The monoisotopic (exact) mass is 296 g/mol. The highest BCUT2D eigenvalue weighted by molar-refractivity contribution is 6.30. The number of likely N-dealkylation sites (tertiary alicyclic amines) is 1. The molecule has 20 heavy (non-hydrogen) atoms. The van der Waals surface area contributed by atoms with E-state index in [1.807, 2.05) is 0 Å². The minimum absolute atomic E-state index is 0.0421. The predicted octanol–water partition coefficient (Wildman–Crippen LogP) is 2.32. The Morgan fingerprint density at radius 3 is 2.90 bits per heavy atom. The maximum atomic E-state index is 11.8. The number of halogens is 1. The number of carbonyl (C=O) groups excluding carboxylic acids is 1. The van der Waals surface area contributed by atoms with Crippen molar-refractivity contribution in [2.24, 2.45) is 0 Å². The molecular weight excluding hydrogens is 276 g/mol. The van der Waals surface area contributed by atoms with Gasteiger partial charge in [-0.3, -0.25) is 9.69 Å². The molecule has 0 spiro atoms. The number of hydrogen-bond donors (Lipinski definition) is 1. The van der Waals surface area contributed by atoms with Crippen molar-refractivity contribution >= 4 is 17.5 Å². The van der Waals surface area contributed by atoms with Crippen molar-refractivity contribution in [2.45, 2.75) is 25.8 Å². The summed E-state index contributed by atoms with van der Waals surface area (Å²) in [6.07, 6.45) is 2.38. The lowest BCUT2D eigenvalue weighted by Gasteiger charge is -2.22. The zero-order chi connectivity index (χ0) is 14.4. The van der Waals surface area contributed by atoms with Crippen LogP contribution < -0.4 is 10.1 Å². The lowest BCUT2D eigenvalue weighted by molar-refractivity contribution is -0.123. The third-order valence-electron chi connectivity index (χ3n) is 3.62. The molecule has 1 N–H and O–H groups in total. The first-order valence-corrected chi connectivity index (χ1v) is 7.46. The molecule has 0 aromatic heterocycles. The van der Waals surface area contributed by atoms with Gasteiger partial charge in [0, 0.05) is 17.6 Å². The molecule has 1 aromatic rings. The van der Waals surface area contributed by atoms with Gasteiger partial charge in [0.05, 0.1) is 0 Å². The highest BCUT2D eigenvalue weighted by Gasteiger charge is 2.23. The Balaban J connectivity index is 1.69. The maximum Gasteiger partial charge on any atom is 0.257 e. The molecule has 1 fully saturated rings. The van der Waals surface area contributed by atoms with Crippen LogP contribution in [0.3, 0.4) is 0 Å². The highest BCUT2D eigenvalue weighted by Crippen LogP contribution is 2.16. The second-order valence-corrected chi connectivity index (χ2v) is 5.41. The fraction of sp³-hybridized carbons (Fsp3) is 0.533. The molecule has 5 heteroatoms. The second kappa shape index (κ2) is 7.50. The van der Waals surface area contributed by atoms with Gasteiger partial charge in [-0.25, -0.2) is 0 Å². The molecule has 4 nitrogen and oxygen atoms in total. The molecule has 1 aliphatic rings.